The zero-order valence-corrected chi connectivity index (χ0v) is 10.4. The van der Waals surface area contributed by atoms with Gasteiger partial charge in [-0.1, -0.05) is 37.4 Å². The van der Waals surface area contributed by atoms with E-state index in [0.717, 1.165) is 11.5 Å². The first-order valence-corrected chi connectivity index (χ1v) is 6.34. The fourth-order valence-corrected chi connectivity index (χ4v) is 2.35. The van der Waals surface area contributed by atoms with Crippen molar-refractivity contribution in [3.8, 4) is 0 Å². The minimum absolute atomic E-state index is 0.430. The predicted octanol–water partition coefficient (Wildman–Crippen LogP) is 3.83. The fraction of sp³-hybridized carbons (Fsp3) is 0.615. The molecule has 2 atom stereocenters. The van der Waals surface area contributed by atoms with Gasteiger partial charge in [-0.3, -0.25) is 0 Å². The maximum atomic E-state index is 5.90. The van der Waals surface area contributed by atoms with E-state index in [-0.39, 0.29) is 0 Å². The van der Waals surface area contributed by atoms with E-state index in [1.807, 2.05) is 12.1 Å². The Morgan fingerprint density at radius 3 is 3.00 bits per heavy atom. The molecule has 0 saturated heterocycles. The van der Waals surface area contributed by atoms with E-state index >= 15 is 0 Å². The third kappa shape index (κ3) is 3.46. The average molecular weight is 240 g/mol. The summed E-state index contributed by atoms with van der Waals surface area (Å²) in [6, 6.07) is 3.78. The lowest BCUT2D eigenvalue weighted by molar-refractivity contribution is 0.00456. The summed E-state index contributed by atoms with van der Waals surface area (Å²) >= 11 is 5.73. The summed E-state index contributed by atoms with van der Waals surface area (Å²) in [5, 5.41) is 0.537. The molecule has 1 aromatic heterocycles. The highest BCUT2D eigenvalue weighted by Crippen LogP contribution is 2.26. The van der Waals surface area contributed by atoms with Crippen LogP contribution in [0.3, 0.4) is 0 Å². The summed E-state index contributed by atoms with van der Waals surface area (Å²) in [6.07, 6.45) is 7.26. The number of hydrogen-bond acceptors (Lipinski definition) is 2. The van der Waals surface area contributed by atoms with Crippen LogP contribution in [0.5, 0.6) is 0 Å². The summed E-state index contributed by atoms with van der Waals surface area (Å²) in [6.45, 7) is 2.96. The van der Waals surface area contributed by atoms with Crippen LogP contribution in [-0.4, -0.2) is 11.1 Å². The number of hydrogen-bond donors (Lipinski definition) is 0. The standard InChI is InChI=1S/C13H18ClNO/c1-10-3-2-4-12(7-10)16-9-11-5-6-13(14)15-8-11/h5-6,8,10,12H,2-4,7,9H2,1H3. The smallest absolute Gasteiger partial charge is 0.129 e. The molecular formula is C13H18ClNO. The topological polar surface area (TPSA) is 22.1 Å². The molecule has 3 heteroatoms. The van der Waals surface area contributed by atoms with Crippen molar-refractivity contribution in [1.29, 1.82) is 0 Å². The van der Waals surface area contributed by atoms with Crippen molar-refractivity contribution in [2.75, 3.05) is 0 Å². The van der Waals surface area contributed by atoms with Crippen LogP contribution in [0.1, 0.15) is 38.2 Å². The summed E-state index contributed by atoms with van der Waals surface area (Å²) < 4.78 is 5.90. The first-order valence-electron chi connectivity index (χ1n) is 5.96. The fourth-order valence-electron chi connectivity index (χ4n) is 2.24. The molecule has 0 bridgehead atoms. The largest absolute Gasteiger partial charge is 0.373 e. The molecule has 0 N–H and O–H groups in total. The van der Waals surface area contributed by atoms with Gasteiger partial charge in [0.25, 0.3) is 0 Å². The Kier molecular flexibility index (Phi) is 4.19. The Morgan fingerprint density at radius 1 is 1.44 bits per heavy atom. The zero-order chi connectivity index (χ0) is 11.4. The lowest BCUT2D eigenvalue weighted by Gasteiger charge is -2.26. The molecule has 0 amide bonds. The average Bonchev–Trinajstić information content (AvgIpc) is 2.28. The van der Waals surface area contributed by atoms with E-state index in [1.165, 1.54) is 25.7 Å². The van der Waals surface area contributed by atoms with Gasteiger partial charge in [-0.2, -0.15) is 0 Å². The SMILES string of the molecule is CC1CCCC(OCc2ccc(Cl)nc2)C1. The first-order chi connectivity index (χ1) is 7.74. The quantitative estimate of drug-likeness (QED) is 0.748. The Hall–Kier alpha value is -0.600. The molecule has 1 heterocycles. The zero-order valence-electron chi connectivity index (χ0n) is 9.66. The molecular weight excluding hydrogens is 222 g/mol. The van der Waals surface area contributed by atoms with E-state index in [4.69, 9.17) is 16.3 Å². The minimum atomic E-state index is 0.430. The molecule has 1 aliphatic carbocycles. The van der Waals surface area contributed by atoms with Crippen LogP contribution in [0.25, 0.3) is 0 Å². The van der Waals surface area contributed by atoms with Gasteiger partial charge in [0.15, 0.2) is 0 Å². The molecule has 1 aliphatic rings. The molecule has 0 aliphatic heterocycles. The molecule has 0 radical (unpaired) electrons. The predicted molar refractivity (Wildman–Crippen MR) is 65.5 cm³/mol. The van der Waals surface area contributed by atoms with Gasteiger partial charge in [0.2, 0.25) is 0 Å². The molecule has 2 nitrogen and oxygen atoms in total. The number of halogens is 1. The highest BCUT2D eigenvalue weighted by Gasteiger charge is 2.19. The van der Waals surface area contributed by atoms with Gasteiger partial charge in [-0.05, 0) is 30.4 Å². The molecule has 1 saturated carbocycles. The highest BCUT2D eigenvalue weighted by molar-refractivity contribution is 6.29. The molecule has 1 aromatic rings. The lowest BCUT2D eigenvalue weighted by atomic mass is 9.89. The molecule has 2 rings (SSSR count). The Bertz CT molecular complexity index is 325. The van der Waals surface area contributed by atoms with E-state index in [0.29, 0.717) is 17.9 Å². The van der Waals surface area contributed by atoms with Crippen molar-refractivity contribution in [2.45, 2.75) is 45.3 Å². The van der Waals surface area contributed by atoms with Crippen LogP contribution in [0.2, 0.25) is 5.15 Å². The van der Waals surface area contributed by atoms with Crippen LogP contribution in [0.4, 0.5) is 0 Å². The van der Waals surface area contributed by atoms with Gasteiger partial charge in [0, 0.05) is 6.20 Å². The monoisotopic (exact) mass is 239 g/mol. The molecule has 0 spiro atoms. The number of aromatic nitrogens is 1. The van der Waals surface area contributed by atoms with Crippen molar-refractivity contribution in [3.05, 3.63) is 29.0 Å². The molecule has 2 unspecified atom stereocenters. The molecule has 16 heavy (non-hydrogen) atoms. The summed E-state index contributed by atoms with van der Waals surface area (Å²) in [4.78, 5) is 4.04. The third-order valence-electron chi connectivity index (χ3n) is 3.16. The Balaban J connectivity index is 1.80. The van der Waals surface area contributed by atoms with E-state index in [1.54, 1.807) is 6.20 Å². The Morgan fingerprint density at radius 2 is 2.31 bits per heavy atom. The number of pyridine rings is 1. The van der Waals surface area contributed by atoms with Crippen LogP contribution < -0.4 is 0 Å². The van der Waals surface area contributed by atoms with E-state index in [2.05, 4.69) is 11.9 Å². The van der Waals surface area contributed by atoms with Gasteiger partial charge in [0.1, 0.15) is 5.15 Å². The maximum absolute atomic E-state index is 5.90. The van der Waals surface area contributed by atoms with Gasteiger partial charge in [-0.15, -0.1) is 0 Å². The number of nitrogens with zero attached hydrogens (tertiary/aromatic N) is 1. The second kappa shape index (κ2) is 5.65. The van der Waals surface area contributed by atoms with E-state index in [9.17, 15) is 0 Å². The maximum Gasteiger partial charge on any atom is 0.129 e. The van der Waals surface area contributed by atoms with Crippen LogP contribution in [0, 0.1) is 5.92 Å². The second-order valence-corrected chi connectivity index (χ2v) is 5.08. The summed E-state index contributed by atoms with van der Waals surface area (Å²) in [5.74, 6) is 0.807. The van der Waals surface area contributed by atoms with Gasteiger partial charge in [0.05, 0.1) is 12.7 Å². The molecule has 1 fully saturated rings. The second-order valence-electron chi connectivity index (χ2n) is 4.69. The minimum Gasteiger partial charge on any atom is -0.373 e. The molecule has 88 valence electrons. The Labute approximate surface area is 102 Å². The molecule has 0 aromatic carbocycles. The van der Waals surface area contributed by atoms with Crippen molar-refractivity contribution in [2.24, 2.45) is 5.92 Å². The van der Waals surface area contributed by atoms with Gasteiger partial charge in [-0.25, -0.2) is 4.98 Å². The van der Waals surface area contributed by atoms with Crippen LogP contribution >= 0.6 is 11.6 Å². The van der Waals surface area contributed by atoms with Crippen molar-refractivity contribution < 1.29 is 4.74 Å². The first kappa shape index (κ1) is 11.9. The summed E-state index contributed by atoms with van der Waals surface area (Å²) in [7, 11) is 0. The van der Waals surface area contributed by atoms with Gasteiger partial charge < -0.3 is 4.74 Å². The van der Waals surface area contributed by atoms with Crippen molar-refractivity contribution in [3.63, 3.8) is 0 Å². The van der Waals surface area contributed by atoms with E-state index < -0.39 is 0 Å². The summed E-state index contributed by atoms with van der Waals surface area (Å²) in [5.41, 5.74) is 1.10. The van der Waals surface area contributed by atoms with Crippen LogP contribution in [-0.2, 0) is 11.3 Å². The van der Waals surface area contributed by atoms with Gasteiger partial charge >= 0.3 is 0 Å². The van der Waals surface area contributed by atoms with Crippen molar-refractivity contribution >= 4 is 11.6 Å². The highest BCUT2D eigenvalue weighted by atomic mass is 35.5. The lowest BCUT2D eigenvalue weighted by Crippen LogP contribution is -2.21. The number of rotatable bonds is 3. The normalized spacial score (nSPS) is 25.6. The third-order valence-corrected chi connectivity index (χ3v) is 3.39. The van der Waals surface area contributed by atoms with Crippen molar-refractivity contribution in [1.82, 2.24) is 4.98 Å². The van der Waals surface area contributed by atoms with Crippen LogP contribution in [0.15, 0.2) is 18.3 Å². The number of ether oxygens (including phenoxy) is 1.